The van der Waals surface area contributed by atoms with Crippen LogP contribution in [0.1, 0.15) is 51.9 Å². The van der Waals surface area contributed by atoms with Crippen molar-refractivity contribution in [1.82, 2.24) is 0 Å². The van der Waals surface area contributed by atoms with Gasteiger partial charge in [-0.15, -0.1) is 0 Å². The summed E-state index contributed by atoms with van der Waals surface area (Å²) in [5, 5.41) is 0. The van der Waals surface area contributed by atoms with Gasteiger partial charge in [-0.2, -0.15) is 0 Å². The Labute approximate surface area is 107 Å². The number of hydrogen-bond acceptors (Lipinski definition) is 1. The molecule has 0 radical (unpaired) electrons. The molecule has 0 aromatic carbocycles. The van der Waals surface area contributed by atoms with Crippen LogP contribution in [0, 0.1) is 5.92 Å². The lowest BCUT2D eigenvalue weighted by atomic mass is 10.1. The van der Waals surface area contributed by atoms with Gasteiger partial charge in [-0.25, -0.2) is 0 Å². The number of alkyl halides is 1. The molecular formula is C13H21IO. The van der Waals surface area contributed by atoms with Crippen molar-refractivity contribution in [3.05, 3.63) is 12.2 Å². The Morgan fingerprint density at radius 2 is 2.20 bits per heavy atom. The highest BCUT2D eigenvalue weighted by atomic mass is 127. The highest BCUT2D eigenvalue weighted by Gasteiger charge is 2.30. The Hall–Kier alpha value is 0.140. The van der Waals surface area contributed by atoms with Gasteiger partial charge in [0.15, 0.2) is 0 Å². The van der Waals surface area contributed by atoms with Crippen LogP contribution in [0.5, 0.6) is 0 Å². The maximum absolute atomic E-state index is 11.3. The lowest BCUT2D eigenvalue weighted by Crippen LogP contribution is -2.11. The monoisotopic (exact) mass is 320 g/mol. The molecule has 0 spiro atoms. The fourth-order valence-corrected chi connectivity index (χ4v) is 2.90. The minimum absolute atomic E-state index is 0.245. The van der Waals surface area contributed by atoms with Crippen molar-refractivity contribution in [1.29, 1.82) is 0 Å². The first-order chi connectivity index (χ1) is 7.25. The van der Waals surface area contributed by atoms with E-state index in [-0.39, 0.29) is 3.92 Å². The zero-order chi connectivity index (χ0) is 11.1. The Kier molecular flexibility index (Phi) is 6.53. The number of allylic oxidation sites excluding steroid dienone is 2. The molecule has 0 heterocycles. The summed E-state index contributed by atoms with van der Waals surface area (Å²) in [5.74, 6) is 0.959. The second kappa shape index (κ2) is 7.42. The largest absolute Gasteiger partial charge is 0.299 e. The molecule has 2 heteroatoms. The van der Waals surface area contributed by atoms with Crippen LogP contribution >= 0.6 is 22.6 Å². The van der Waals surface area contributed by atoms with Crippen LogP contribution in [0.3, 0.4) is 0 Å². The van der Waals surface area contributed by atoms with Crippen molar-refractivity contribution < 1.29 is 4.79 Å². The summed E-state index contributed by atoms with van der Waals surface area (Å²) in [6.07, 6.45) is 12.9. The summed E-state index contributed by atoms with van der Waals surface area (Å²) < 4.78 is 0.245. The molecule has 0 bridgehead atoms. The highest BCUT2D eigenvalue weighted by Crippen LogP contribution is 2.30. The van der Waals surface area contributed by atoms with Gasteiger partial charge in [0.1, 0.15) is 5.78 Å². The Morgan fingerprint density at radius 3 is 2.80 bits per heavy atom. The summed E-state index contributed by atoms with van der Waals surface area (Å²) in [4.78, 5) is 11.3. The van der Waals surface area contributed by atoms with E-state index in [1.165, 1.54) is 32.1 Å². The predicted octanol–water partition coefficient (Wildman–Crippen LogP) is 4.30. The molecule has 0 amide bonds. The molecule has 1 aliphatic rings. The zero-order valence-electron chi connectivity index (χ0n) is 9.55. The molecular weight excluding hydrogens is 299 g/mol. The van der Waals surface area contributed by atoms with Crippen molar-refractivity contribution >= 4 is 28.4 Å². The standard InChI is InChI=1S/C13H21IO/c1-2-3-4-5-6-7-8-11-9-10-12(15)13(11)14/h7-8,11,13H,2-6,9-10H2,1H3/b8-7+/t11-,13+/m0/s1. The van der Waals surface area contributed by atoms with E-state index in [1.807, 2.05) is 0 Å². The van der Waals surface area contributed by atoms with Crippen LogP contribution in [0.4, 0.5) is 0 Å². The maximum atomic E-state index is 11.3. The first-order valence-corrected chi connectivity index (χ1v) is 7.33. The molecule has 0 aromatic heterocycles. The summed E-state index contributed by atoms with van der Waals surface area (Å²) >= 11 is 2.29. The molecule has 0 saturated heterocycles. The fourth-order valence-electron chi connectivity index (χ4n) is 1.99. The van der Waals surface area contributed by atoms with Gasteiger partial charge in [-0.05, 0) is 25.2 Å². The minimum atomic E-state index is 0.245. The molecule has 1 aliphatic carbocycles. The van der Waals surface area contributed by atoms with Crippen molar-refractivity contribution in [3.63, 3.8) is 0 Å². The molecule has 0 N–H and O–H groups in total. The summed E-state index contributed by atoms with van der Waals surface area (Å²) in [6, 6.07) is 0. The van der Waals surface area contributed by atoms with Gasteiger partial charge in [-0.3, -0.25) is 4.79 Å². The van der Waals surface area contributed by atoms with E-state index in [1.54, 1.807) is 0 Å². The molecule has 15 heavy (non-hydrogen) atoms. The molecule has 1 fully saturated rings. The minimum Gasteiger partial charge on any atom is -0.299 e. The molecule has 0 unspecified atom stereocenters. The smallest absolute Gasteiger partial charge is 0.146 e. The Bertz CT molecular complexity index is 223. The molecule has 1 rings (SSSR count). The van der Waals surface area contributed by atoms with Crippen molar-refractivity contribution in [2.24, 2.45) is 5.92 Å². The van der Waals surface area contributed by atoms with Crippen LogP contribution in [-0.2, 0) is 4.79 Å². The maximum Gasteiger partial charge on any atom is 0.146 e. The number of hydrogen-bond donors (Lipinski definition) is 0. The number of Topliss-reactive ketones (excluding diaryl/α,β-unsaturated/α-hetero) is 1. The van der Waals surface area contributed by atoms with Crippen molar-refractivity contribution in [3.8, 4) is 0 Å². The van der Waals surface area contributed by atoms with Gasteiger partial charge in [0.05, 0.1) is 3.92 Å². The van der Waals surface area contributed by atoms with E-state index < -0.39 is 0 Å². The van der Waals surface area contributed by atoms with Gasteiger partial charge in [0.2, 0.25) is 0 Å². The third kappa shape index (κ3) is 4.66. The van der Waals surface area contributed by atoms with Gasteiger partial charge in [0, 0.05) is 6.42 Å². The number of halogens is 1. The van der Waals surface area contributed by atoms with Gasteiger partial charge < -0.3 is 0 Å². The van der Waals surface area contributed by atoms with Gasteiger partial charge >= 0.3 is 0 Å². The van der Waals surface area contributed by atoms with E-state index in [0.29, 0.717) is 11.7 Å². The number of carbonyl (C=O) groups excluding carboxylic acids is 1. The van der Waals surface area contributed by atoms with E-state index >= 15 is 0 Å². The molecule has 1 saturated carbocycles. The van der Waals surface area contributed by atoms with E-state index in [4.69, 9.17) is 0 Å². The van der Waals surface area contributed by atoms with Crippen LogP contribution in [-0.4, -0.2) is 9.71 Å². The van der Waals surface area contributed by atoms with E-state index in [2.05, 4.69) is 41.7 Å². The number of ketones is 1. The highest BCUT2D eigenvalue weighted by molar-refractivity contribution is 14.1. The predicted molar refractivity (Wildman–Crippen MR) is 73.4 cm³/mol. The van der Waals surface area contributed by atoms with Crippen LogP contribution in [0.25, 0.3) is 0 Å². The molecule has 0 aliphatic heterocycles. The van der Waals surface area contributed by atoms with Crippen molar-refractivity contribution in [2.75, 3.05) is 0 Å². The number of carbonyl (C=O) groups is 1. The van der Waals surface area contributed by atoms with Gasteiger partial charge in [-0.1, -0.05) is 60.9 Å². The normalized spacial score (nSPS) is 26.7. The molecule has 1 nitrogen and oxygen atoms in total. The van der Waals surface area contributed by atoms with Crippen LogP contribution in [0.15, 0.2) is 12.2 Å². The molecule has 86 valence electrons. The van der Waals surface area contributed by atoms with Crippen LogP contribution in [0.2, 0.25) is 0 Å². The van der Waals surface area contributed by atoms with Gasteiger partial charge in [0.25, 0.3) is 0 Å². The first-order valence-electron chi connectivity index (χ1n) is 6.09. The third-order valence-electron chi connectivity index (χ3n) is 3.02. The summed E-state index contributed by atoms with van der Waals surface area (Å²) in [5.41, 5.74) is 0. The lowest BCUT2D eigenvalue weighted by Gasteiger charge is -2.06. The Balaban J connectivity index is 2.12. The average Bonchev–Trinajstić information content (AvgIpc) is 2.54. The SMILES string of the molecule is CCCCCC/C=C/[C@H]1CCC(=O)[C@@H]1I. The number of unbranched alkanes of at least 4 members (excludes halogenated alkanes) is 4. The van der Waals surface area contributed by atoms with Crippen LogP contribution < -0.4 is 0 Å². The summed E-state index contributed by atoms with van der Waals surface area (Å²) in [7, 11) is 0. The third-order valence-corrected chi connectivity index (χ3v) is 4.63. The van der Waals surface area contributed by atoms with E-state index in [9.17, 15) is 4.79 Å². The topological polar surface area (TPSA) is 17.1 Å². The number of rotatable bonds is 6. The summed E-state index contributed by atoms with van der Waals surface area (Å²) in [6.45, 7) is 2.24. The zero-order valence-corrected chi connectivity index (χ0v) is 11.7. The molecule has 2 atom stereocenters. The second-order valence-electron chi connectivity index (χ2n) is 4.35. The lowest BCUT2D eigenvalue weighted by molar-refractivity contribution is -0.116. The molecule has 0 aromatic rings. The van der Waals surface area contributed by atoms with Crippen molar-refractivity contribution in [2.45, 2.75) is 55.8 Å². The first kappa shape index (κ1) is 13.2. The quantitative estimate of drug-likeness (QED) is 0.309. The average molecular weight is 320 g/mol. The Morgan fingerprint density at radius 1 is 1.40 bits per heavy atom. The fraction of sp³-hybridized carbons (Fsp3) is 0.769. The van der Waals surface area contributed by atoms with E-state index in [0.717, 1.165) is 12.8 Å². The second-order valence-corrected chi connectivity index (χ2v) is 5.69.